The highest BCUT2D eigenvalue weighted by atomic mass is 32.2. The van der Waals surface area contributed by atoms with Gasteiger partial charge in [-0.1, -0.05) is 6.92 Å². The maximum atomic E-state index is 10.7. The van der Waals surface area contributed by atoms with Gasteiger partial charge >= 0.3 is 0 Å². The van der Waals surface area contributed by atoms with Gasteiger partial charge in [0.25, 0.3) is 10.1 Å². The Kier molecular flexibility index (Phi) is 4.69. The lowest BCUT2D eigenvalue weighted by molar-refractivity contribution is 0.209. The number of aliphatic hydroxyl groups excluding tert-OH is 2. The van der Waals surface area contributed by atoms with Gasteiger partial charge in [0.2, 0.25) is 0 Å². The van der Waals surface area contributed by atoms with Crippen molar-refractivity contribution in [3.63, 3.8) is 0 Å². The zero-order chi connectivity index (χ0) is 9.78. The molecular formula is C6H14O5S. The van der Waals surface area contributed by atoms with E-state index in [0.29, 0.717) is 0 Å². The van der Waals surface area contributed by atoms with Crippen LogP contribution in [0.15, 0.2) is 0 Å². The van der Waals surface area contributed by atoms with Crippen molar-refractivity contribution in [3.05, 3.63) is 0 Å². The Balaban J connectivity index is 4.44. The van der Waals surface area contributed by atoms with Crippen molar-refractivity contribution in [2.45, 2.75) is 18.6 Å². The van der Waals surface area contributed by atoms with Crippen molar-refractivity contribution in [3.8, 4) is 0 Å². The Hall–Kier alpha value is -0.170. The zero-order valence-electron chi connectivity index (χ0n) is 6.84. The second-order valence-electron chi connectivity index (χ2n) is 2.73. The van der Waals surface area contributed by atoms with E-state index in [-0.39, 0.29) is 19.6 Å². The lowest BCUT2D eigenvalue weighted by Crippen LogP contribution is -2.30. The summed E-state index contributed by atoms with van der Waals surface area (Å²) in [4.78, 5) is 0. The summed E-state index contributed by atoms with van der Waals surface area (Å²) >= 11 is 0. The fourth-order valence-electron chi connectivity index (χ4n) is 0.972. The van der Waals surface area contributed by atoms with Gasteiger partial charge in [-0.15, -0.1) is 0 Å². The normalized spacial score (nSPS) is 17.3. The first-order valence-electron chi connectivity index (χ1n) is 3.61. The van der Waals surface area contributed by atoms with Gasteiger partial charge in [0.15, 0.2) is 0 Å². The average Bonchev–Trinajstić information content (AvgIpc) is 1.96. The molecule has 0 aromatic carbocycles. The lowest BCUT2D eigenvalue weighted by atomic mass is 10.1. The van der Waals surface area contributed by atoms with Crippen molar-refractivity contribution < 1.29 is 23.2 Å². The van der Waals surface area contributed by atoms with Crippen LogP contribution in [0.4, 0.5) is 0 Å². The molecule has 0 amide bonds. The minimum absolute atomic E-state index is 0.0550. The molecule has 2 unspecified atom stereocenters. The maximum Gasteiger partial charge on any atom is 0.268 e. The van der Waals surface area contributed by atoms with E-state index < -0.39 is 21.3 Å². The highest BCUT2D eigenvalue weighted by Crippen LogP contribution is 2.14. The van der Waals surface area contributed by atoms with Crippen molar-refractivity contribution in [1.29, 1.82) is 0 Å². The molecule has 2 atom stereocenters. The summed E-state index contributed by atoms with van der Waals surface area (Å²) in [6.45, 7) is 0.841. The molecule has 0 saturated carbocycles. The summed E-state index contributed by atoms with van der Waals surface area (Å²) in [6, 6.07) is 0. The van der Waals surface area contributed by atoms with Gasteiger partial charge in [0.05, 0.1) is 5.25 Å². The second-order valence-corrected chi connectivity index (χ2v) is 4.36. The van der Waals surface area contributed by atoms with Crippen LogP contribution in [0.1, 0.15) is 13.3 Å². The van der Waals surface area contributed by atoms with Gasteiger partial charge < -0.3 is 10.2 Å². The molecule has 74 valence electrons. The summed E-state index contributed by atoms with van der Waals surface area (Å²) in [5, 5.41) is 16.0. The molecule has 6 heteroatoms. The standard InChI is InChI=1S/C6H14O5S/c1-5(4-8)6(2-3-7)12(9,10)11/h5-8H,2-4H2,1H3,(H,9,10,11). The van der Waals surface area contributed by atoms with Gasteiger partial charge in [-0.05, 0) is 12.3 Å². The minimum atomic E-state index is -4.16. The van der Waals surface area contributed by atoms with Gasteiger partial charge in [-0.3, -0.25) is 4.55 Å². The van der Waals surface area contributed by atoms with Gasteiger partial charge in [0.1, 0.15) is 0 Å². The van der Waals surface area contributed by atoms with E-state index >= 15 is 0 Å². The van der Waals surface area contributed by atoms with Crippen LogP contribution in [0.25, 0.3) is 0 Å². The molecule has 0 saturated heterocycles. The summed E-state index contributed by atoms with van der Waals surface area (Å²) in [5.74, 6) is -0.563. The quantitative estimate of drug-likeness (QED) is 0.505. The van der Waals surface area contributed by atoms with Crippen LogP contribution >= 0.6 is 0 Å². The number of aliphatic hydroxyl groups is 2. The summed E-state index contributed by atoms with van der Waals surface area (Å²) < 4.78 is 30.0. The zero-order valence-corrected chi connectivity index (χ0v) is 7.66. The van der Waals surface area contributed by atoms with Gasteiger partial charge in [0, 0.05) is 13.2 Å². The van der Waals surface area contributed by atoms with Crippen molar-refractivity contribution in [2.24, 2.45) is 5.92 Å². The van der Waals surface area contributed by atoms with Crippen LogP contribution in [-0.4, -0.2) is 41.6 Å². The number of rotatable bonds is 5. The number of hydrogen-bond donors (Lipinski definition) is 3. The van der Waals surface area contributed by atoms with Gasteiger partial charge in [-0.25, -0.2) is 0 Å². The molecule has 3 N–H and O–H groups in total. The van der Waals surface area contributed by atoms with E-state index in [1.165, 1.54) is 6.92 Å². The Morgan fingerprint density at radius 3 is 2.08 bits per heavy atom. The van der Waals surface area contributed by atoms with Crippen molar-refractivity contribution in [2.75, 3.05) is 13.2 Å². The molecule has 12 heavy (non-hydrogen) atoms. The summed E-state index contributed by atoms with van der Waals surface area (Å²) in [6.07, 6.45) is -0.0550. The first-order valence-corrected chi connectivity index (χ1v) is 5.11. The third-order valence-electron chi connectivity index (χ3n) is 1.72. The fourth-order valence-corrected chi connectivity index (χ4v) is 2.05. The smallest absolute Gasteiger partial charge is 0.268 e. The van der Waals surface area contributed by atoms with Gasteiger partial charge in [-0.2, -0.15) is 8.42 Å². The predicted molar refractivity (Wildman–Crippen MR) is 43.3 cm³/mol. The average molecular weight is 198 g/mol. The predicted octanol–water partition coefficient (Wildman–Crippen LogP) is -0.746. The molecule has 0 aromatic heterocycles. The molecule has 0 fully saturated rings. The molecule has 0 heterocycles. The molecule has 0 aliphatic heterocycles. The Morgan fingerprint density at radius 2 is 1.83 bits per heavy atom. The van der Waals surface area contributed by atoms with Crippen molar-refractivity contribution >= 4 is 10.1 Å². The van der Waals surface area contributed by atoms with Crippen LogP contribution in [0, 0.1) is 5.92 Å². The Bertz CT molecular complexity index is 210. The number of hydrogen-bond acceptors (Lipinski definition) is 4. The third-order valence-corrected chi connectivity index (χ3v) is 3.18. The van der Waals surface area contributed by atoms with Crippen LogP contribution in [0.2, 0.25) is 0 Å². The molecule has 0 bridgehead atoms. The first-order chi connectivity index (χ1) is 5.43. The molecule has 0 spiro atoms. The Morgan fingerprint density at radius 1 is 1.33 bits per heavy atom. The van der Waals surface area contributed by atoms with E-state index in [0.717, 1.165) is 0 Å². The van der Waals surface area contributed by atoms with E-state index in [9.17, 15) is 8.42 Å². The minimum Gasteiger partial charge on any atom is -0.396 e. The maximum absolute atomic E-state index is 10.7. The molecule has 0 rings (SSSR count). The molecule has 0 aliphatic rings. The first kappa shape index (κ1) is 11.8. The van der Waals surface area contributed by atoms with Crippen LogP contribution in [0.3, 0.4) is 0 Å². The van der Waals surface area contributed by atoms with E-state index in [4.69, 9.17) is 14.8 Å². The summed E-state index contributed by atoms with van der Waals surface area (Å²) in [7, 11) is -4.16. The van der Waals surface area contributed by atoms with E-state index in [1.54, 1.807) is 0 Å². The van der Waals surface area contributed by atoms with Crippen LogP contribution in [-0.2, 0) is 10.1 Å². The second kappa shape index (κ2) is 4.76. The van der Waals surface area contributed by atoms with Crippen LogP contribution < -0.4 is 0 Å². The largest absolute Gasteiger partial charge is 0.396 e. The molecule has 0 radical (unpaired) electrons. The van der Waals surface area contributed by atoms with Crippen molar-refractivity contribution in [1.82, 2.24) is 0 Å². The Labute approximate surface area is 71.8 Å². The lowest BCUT2D eigenvalue weighted by Gasteiger charge is -2.17. The topological polar surface area (TPSA) is 94.8 Å². The SMILES string of the molecule is CC(CO)C(CCO)S(=O)(=O)O. The van der Waals surface area contributed by atoms with E-state index in [1.807, 2.05) is 0 Å². The summed E-state index contributed by atoms with van der Waals surface area (Å²) in [5.41, 5.74) is 0. The molecule has 5 nitrogen and oxygen atoms in total. The molecule has 0 aromatic rings. The highest BCUT2D eigenvalue weighted by Gasteiger charge is 2.27. The fraction of sp³-hybridized carbons (Fsp3) is 1.00. The third kappa shape index (κ3) is 3.48. The molecule has 0 aliphatic carbocycles. The molecular weight excluding hydrogens is 184 g/mol. The highest BCUT2D eigenvalue weighted by molar-refractivity contribution is 7.86. The van der Waals surface area contributed by atoms with Crippen LogP contribution in [0.5, 0.6) is 0 Å². The monoisotopic (exact) mass is 198 g/mol. The van der Waals surface area contributed by atoms with E-state index in [2.05, 4.69) is 0 Å².